The van der Waals surface area contributed by atoms with E-state index in [2.05, 4.69) is 31.9 Å². The van der Waals surface area contributed by atoms with Gasteiger partial charge in [0.25, 0.3) is 11.8 Å². The molecule has 6 nitrogen and oxygen atoms in total. The molecule has 0 bridgehead atoms. The summed E-state index contributed by atoms with van der Waals surface area (Å²) in [6.45, 7) is 1.80. The number of thioether (sulfide) groups is 1. The number of benzene rings is 4. The highest BCUT2D eigenvalue weighted by molar-refractivity contribution is 9.10. The number of halogens is 3. The molecule has 1 atom stereocenters. The molecule has 0 saturated heterocycles. The topological polar surface area (TPSA) is 87.3 Å². The standard InChI is InChI=1S/C31H24BrCl2N3O3S/c1-19(29(38)36-26-16-6-5-14-24(26)32)41-23-13-8-12-22(18-23)35-31(40)27(17-21-11-7-15-25(33)28(21)34)37-30(39)20-9-3-2-4-10-20/h2-19H,1H3,(H,35,40)(H,36,38)(H,37,39)/b27-17+. The van der Waals surface area contributed by atoms with Gasteiger partial charge in [-0.25, -0.2) is 0 Å². The molecule has 3 N–H and O–H groups in total. The average molecular weight is 669 g/mol. The third kappa shape index (κ3) is 8.47. The summed E-state index contributed by atoms with van der Waals surface area (Å²) in [6.07, 6.45) is 1.47. The number of hydrogen-bond acceptors (Lipinski definition) is 4. The monoisotopic (exact) mass is 667 g/mol. The highest BCUT2D eigenvalue weighted by Gasteiger charge is 2.18. The van der Waals surface area contributed by atoms with Crippen molar-refractivity contribution in [3.05, 3.63) is 128 Å². The Morgan fingerprint density at radius 2 is 1.56 bits per heavy atom. The summed E-state index contributed by atoms with van der Waals surface area (Å²) in [5, 5.41) is 8.57. The van der Waals surface area contributed by atoms with Crippen molar-refractivity contribution in [2.24, 2.45) is 0 Å². The number of amides is 3. The lowest BCUT2D eigenvalue weighted by atomic mass is 10.1. The minimum Gasteiger partial charge on any atom is -0.324 e. The van der Waals surface area contributed by atoms with E-state index in [0.29, 0.717) is 27.5 Å². The van der Waals surface area contributed by atoms with Gasteiger partial charge in [0.2, 0.25) is 5.91 Å². The normalized spacial score (nSPS) is 11.9. The Hall–Kier alpha value is -3.56. The Balaban J connectivity index is 1.51. The molecule has 0 heterocycles. The molecular weight excluding hydrogens is 645 g/mol. The first-order chi connectivity index (χ1) is 19.7. The van der Waals surface area contributed by atoms with Gasteiger partial charge in [0.15, 0.2) is 0 Å². The van der Waals surface area contributed by atoms with Crippen molar-refractivity contribution in [3.8, 4) is 0 Å². The predicted octanol–water partition coefficient (Wildman–Crippen LogP) is 8.28. The van der Waals surface area contributed by atoms with Crippen LogP contribution >= 0.6 is 50.9 Å². The Morgan fingerprint density at radius 3 is 2.32 bits per heavy atom. The summed E-state index contributed by atoms with van der Waals surface area (Å²) in [5.74, 6) is -1.19. The minimum absolute atomic E-state index is 0.0257. The molecule has 0 aliphatic rings. The highest BCUT2D eigenvalue weighted by Crippen LogP contribution is 2.29. The van der Waals surface area contributed by atoms with Crippen LogP contribution < -0.4 is 16.0 Å². The van der Waals surface area contributed by atoms with Gasteiger partial charge < -0.3 is 16.0 Å². The van der Waals surface area contributed by atoms with E-state index in [0.717, 1.165) is 9.37 Å². The molecule has 41 heavy (non-hydrogen) atoms. The summed E-state index contributed by atoms with van der Waals surface area (Å²) < 4.78 is 0.789. The van der Waals surface area contributed by atoms with E-state index in [1.807, 2.05) is 30.3 Å². The van der Waals surface area contributed by atoms with E-state index in [4.69, 9.17) is 23.2 Å². The first-order valence-corrected chi connectivity index (χ1v) is 14.8. The SMILES string of the molecule is CC(Sc1cccc(NC(=O)/C(=C\c2cccc(Cl)c2Cl)NC(=O)c2ccccc2)c1)C(=O)Nc1ccccc1Br. The molecular formula is C31H24BrCl2N3O3S. The van der Waals surface area contributed by atoms with E-state index in [9.17, 15) is 14.4 Å². The van der Waals surface area contributed by atoms with Crippen molar-refractivity contribution in [1.82, 2.24) is 5.32 Å². The molecule has 4 aromatic rings. The van der Waals surface area contributed by atoms with Gasteiger partial charge in [0.05, 0.1) is 21.0 Å². The third-order valence-corrected chi connectivity index (χ3v) is 8.33. The van der Waals surface area contributed by atoms with Crippen LogP contribution in [0, 0.1) is 0 Å². The largest absolute Gasteiger partial charge is 0.324 e. The lowest BCUT2D eigenvalue weighted by Gasteiger charge is -2.15. The maximum Gasteiger partial charge on any atom is 0.272 e. The van der Waals surface area contributed by atoms with Crippen LogP contribution in [0.5, 0.6) is 0 Å². The average Bonchev–Trinajstić information content (AvgIpc) is 2.96. The maximum absolute atomic E-state index is 13.4. The first-order valence-electron chi connectivity index (χ1n) is 12.4. The van der Waals surface area contributed by atoms with E-state index in [-0.39, 0.29) is 16.6 Å². The second-order valence-corrected chi connectivity index (χ2v) is 11.8. The van der Waals surface area contributed by atoms with Gasteiger partial charge in [0.1, 0.15) is 5.70 Å². The van der Waals surface area contributed by atoms with E-state index >= 15 is 0 Å². The molecule has 4 aromatic carbocycles. The number of hydrogen-bond donors (Lipinski definition) is 3. The molecule has 0 aliphatic heterocycles. The molecule has 0 spiro atoms. The Morgan fingerprint density at radius 1 is 0.854 bits per heavy atom. The van der Waals surface area contributed by atoms with Crippen molar-refractivity contribution in [3.63, 3.8) is 0 Å². The Labute approximate surface area is 260 Å². The number of rotatable bonds is 9. The quantitative estimate of drug-likeness (QED) is 0.124. The lowest BCUT2D eigenvalue weighted by Crippen LogP contribution is -2.30. The maximum atomic E-state index is 13.4. The Kier molecular flexibility index (Phi) is 10.7. The van der Waals surface area contributed by atoms with Crippen LogP contribution in [0.4, 0.5) is 11.4 Å². The van der Waals surface area contributed by atoms with Crippen LogP contribution in [0.15, 0.2) is 112 Å². The van der Waals surface area contributed by atoms with Gasteiger partial charge in [-0.3, -0.25) is 14.4 Å². The van der Waals surface area contributed by atoms with Crippen molar-refractivity contribution in [2.45, 2.75) is 17.1 Å². The third-order valence-electron chi connectivity index (χ3n) is 5.72. The number of anilines is 2. The smallest absolute Gasteiger partial charge is 0.272 e. The van der Waals surface area contributed by atoms with Crippen molar-refractivity contribution >= 4 is 86.1 Å². The number of para-hydroxylation sites is 1. The van der Waals surface area contributed by atoms with Gasteiger partial charge in [-0.15, -0.1) is 11.8 Å². The molecule has 0 aromatic heterocycles. The van der Waals surface area contributed by atoms with Crippen LogP contribution in [-0.2, 0) is 9.59 Å². The fraction of sp³-hybridized carbons (Fsp3) is 0.0645. The fourth-order valence-corrected chi connectivity index (χ4v) is 5.30. The minimum atomic E-state index is -0.563. The van der Waals surface area contributed by atoms with Crippen LogP contribution in [0.1, 0.15) is 22.8 Å². The molecule has 4 rings (SSSR count). The van der Waals surface area contributed by atoms with E-state index in [1.54, 1.807) is 73.7 Å². The number of nitrogens with one attached hydrogen (secondary N) is 3. The highest BCUT2D eigenvalue weighted by atomic mass is 79.9. The van der Waals surface area contributed by atoms with Crippen molar-refractivity contribution < 1.29 is 14.4 Å². The summed E-state index contributed by atoms with van der Waals surface area (Å²) in [6, 6.07) is 28.0. The molecule has 0 fully saturated rings. The van der Waals surface area contributed by atoms with Crippen LogP contribution in [-0.4, -0.2) is 23.0 Å². The van der Waals surface area contributed by atoms with Gasteiger partial charge in [0, 0.05) is 20.6 Å². The zero-order chi connectivity index (χ0) is 29.4. The summed E-state index contributed by atoms with van der Waals surface area (Å²) in [7, 11) is 0. The number of carbonyl (C=O) groups excluding carboxylic acids is 3. The van der Waals surface area contributed by atoms with Gasteiger partial charge in [-0.1, -0.05) is 71.7 Å². The molecule has 3 amide bonds. The molecule has 0 saturated carbocycles. The second kappa shape index (κ2) is 14.4. The van der Waals surface area contributed by atoms with E-state index < -0.39 is 17.1 Å². The zero-order valence-electron chi connectivity index (χ0n) is 21.7. The molecule has 0 radical (unpaired) electrons. The van der Waals surface area contributed by atoms with Crippen molar-refractivity contribution in [2.75, 3.05) is 10.6 Å². The van der Waals surface area contributed by atoms with Gasteiger partial charge in [-0.05, 0) is 83.0 Å². The van der Waals surface area contributed by atoms with E-state index in [1.165, 1.54) is 17.8 Å². The van der Waals surface area contributed by atoms with Crippen LogP contribution in [0.25, 0.3) is 6.08 Å². The Bertz CT molecular complexity index is 1620. The molecule has 1 unspecified atom stereocenters. The lowest BCUT2D eigenvalue weighted by molar-refractivity contribution is -0.115. The van der Waals surface area contributed by atoms with Crippen LogP contribution in [0.3, 0.4) is 0 Å². The van der Waals surface area contributed by atoms with Gasteiger partial charge in [-0.2, -0.15) is 0 Å². The van der Waals surface area contributed by atoms with Crippen molar-refractivity contribution in [1.29, 1.82) is 0 Å². The summed E-state index contributed by atoms with van der Waals surface area (Å²) in [5.41, 5.74) is 1.99. The van der Waals surface area contributed by atoms with Gasteiger partial charge >= 0.3 is 0 Å². The first kappa shape index (κ1) is 30.4. The van der Waals surface area contributed by atoms with Crippen LogP contribution in [0.2, 0.25) is 10.0 Å². The fourth-order valence-electron chi connectivity index (χ4n) is 3.63. The second-order valence-electron chi connectivity index (χ2n) is 8.73. The molecule has 0 aliphatic carbocycles. The molecule has 10 heteroatoms. The zero-order valence-corrected chi connectivity index (χ0v) is 25.6. The summed E-state index contributed by atoms with van der Waals surface area (Å²) in [4.78, 5) is 39.9. The molecule has 208 valence electrons. The summed E-state index contributed by atoms with van der Waals surface area (Å²) >= 11 is 17.3. The number of carbonyl (C=O) groups is 3. The predicted molar refractivity (Wildman–Crippen MR) is 172 cm³/mol.